The molecule has 2 N–H and O–H groups in total. The van der Waals surface area contributed by atoms with Crippen LogP contribution in [0.2, 0.25) is 10.0 Å². The van der Waals surface area contributed by atoms with Crippen molar-refractivity contribution in [1.29, 1.82) is 0 Å². The van der Waals surface area contributed by atoms with Crippen LogP contribution in [0.15, 0.2) is 41.3 Å². The number of quaternary nitrogens is 1. The Morgan fingerprint density at radius 1 is 1.24 bits per heavy atom. The number of nitrogens with zero attached hydrogens (tertiary/aromatic N) is 2. The largest absolute Gasteiger partial charge is 0.335 e. The van der Waals surface area contributed by atoms with Gasteiger partial charge in [0.25, 0.3) is 5.56 Å². The second-order valence-corrected chi connectivity index (χ2v) is 6.85. The summed E-state index contributed by atoms with van der Waals surface area (Å²) < 4.78 is 15.2. The molecule has 0 saturated carbocycles. The van der Waals surface area contributed by atoms with E-state index < -0.39 is 5.82 Å². The minimum absolute atomic E-state index is 0.000427. The van der Waals surface area contributed by atoms with Crippen LogP contribution < -0.4 is 10.9 Å². The minimum atomic E-state index is -0.501. The normalized spacial score (nSPS) is 12.5. The van der Waals surface area contributed by atoms with Crippen LogP contribution in [-0.2, 0) is 6.54 Å². The van der Waals surface area contributed by atoms with Crippen LogP contribution in [-0.4, -0.2) is 9.38 Å². The molecule has 0 spiro atoms. The van der Waals surface area contributed by atoms with Crippen LogP contribution in [0.1, 0.15) is 29.8 Å². The SMILES string of the molecule is Cc1ccc2nc(C[NH2+][C@@H](C)c3cc(F)c(Cl)cc3Cl)cc(=O)n2c1. The predicted molar refractivity (Wildman–Crippen MR) is 96.7 cm³/mol. The van der Waals surface area contributed by atoms with Gasteiger partial charge < -0.3 is 5.32 Å². The van der Waals surface area contributed by atoms with Crippen LogP contribution in [0.5, 0.6) is 0 Å². The number of rotatable bonds is 4. The number of aromatic nitrogens is 2. The molecule has 0 aliphatic heterocycles. The average Bonchev–Trinajstić information content (AvgIpc) is 2.56. The molecule has 1 aromatic carbocycles. The molecule has 1 atom stereocenters. The molecule has 2 aromatic heterocycles. The van der Waals surface area contributed by atoms with E-state index in [1.165, 1.54) is 22.6 Å². The highest BCUT2D eigenvalue weighted by molar-refractivity contribution is 6.35. The first-order valence-corrected chi connectivity index (χ1v) is 8.57. The summed E-state index contributed by atoms with van der Waals surface area (Å²) in [5, 5.41) is 2.36. The molecule has 4 nitrogen and oxygen atoms in total. The molecular formula is C18H17Cl2FN3O+. The molecule has 25 heavy (non-hydrogen) atoms. The minimum Gasteiger partial charge on any atom is -0.335 e. The molecule has 0 radical (unpaired) electrons. The fourth-order valence-electron chi connectivity index (χ4n) is 2.67. The van der Waals surface area contributed by atoms with Gasteiger partial charge in [-0.25, -0.2) is 9.37 Å². The highest BCUT2D eigenvalue weighted by Gasteiger charge is 2.16. The highest BCUT2D eigenvalue weighted by atomic mass is 35.5. The molecule has 0 aliphatic carbocycles. The number of nitrogens with two attached hydrogens (primary N) is 1. The van der Waals surface area contributed by atoms with Gasteiger partial charge in [-0.1, -0.05) is 29.3 Å². The predicted octanol–water partition coefficient (Wildman–Crippen LogP) is 3.27. The van der Waals surface area contributed by atoms with Gasteiger partial charge in [0.1, 0.15) is 29.7 Å². The summed E-state index contributed by atoms with van der Waals surface area (Å²) in [6.45, 7) is 4.30. The Morgan fingerprint density at radius 3 is 2.76 bits per heavy atom. The fraction of sp³-hybridized carbons (Fsp3) is 0.222. The van der Waals surface area contributed by atoms with Gasteiger partial charge in [0.2, 0.25) is 0 Å². The standard InChI is InChI=1S/C18H16Cl2FN3O/c1-10-3-4-17-23-12(5-18(25)24(17)9-10)8-22-11(2)13-6-16(21)15(20)7-14(13)19/h3-7,9,11,22H,8H2,1-2H3/p+1/t11-/m0/s1. The average molecular weight is 381 g/mol. The zero-order valence-corrected chi connectivity index (χ0v) is 15.3. The molecule has 0 amide bonds. The van der Waals surface area contributed by atoms with Gasteiger partial charge in [-0.2, -0.15) is 0 Å². The van der Waals surface area contributed by atoms with Gasteiger partial charge in [0, 0.05) is 17.8 Å². The quantitative estimate of drug-likeness (QED) is 0.706. The Hall–Kier alpha value is -1.95. The summed E-state index contributed by atoms with van der Waals surface area (Å²) in [6.07, 6.45) is 1.76. The van der Waals surface area contributed by atoms with E-state index in [0.717, 1.165) is 5.56 Å². The zero-order valence-electron chi connectivity index (χ0n) is 13.8. The maximum atomic E-state index is 13.7. The monoisotopic (exact) mass is 380 g/mol. The molecule has 3 rings (SSSR count). The van der Waals surface area contributed by atoms with Crippen molar-refractivity contribution in [2.45, 2.75) is 26.4 Å². The molecule has 3 aromatic rings. The highest BCUT2D eigenvalue weighted by Crippen LogP contribution is 2.27. The van der Waals surface area contributed by atoms with Gasteiger partial charge in [-0.15, -0.1) is 0 Å². The molecule has 2 heterocycles. The van der Waals surface area contributed by atoms with Gasteiger partial charge >= 0.3 is 0 Å². The van der Waals surface area contributed by atoms with Gasteiger partial charge in [0.05, 0.1) is 10.0 Å². The van der Waals surface area contributed by atoms with Crippen LogP contribution in [0.4, 0.5) is 4.39 Å². The van der Waals surface area contributed by atoms with Crippen molar-refractivity contribution in [2.24, 2.45) is 0 Å². The molecular weight excluding hydrogens is 364 g/mol. The van der Waals surface area contributed by atoms with E-state index in [0.29, 0.717) is 28.5 Å². The summed E-state index contributed by atoms with van der Waals surface area (Å²) in [5.41, 5.74) is 2.77. The van der Waals surface area contributed by atoms with Crippen molar-refractivity contribution < 1.29 is 9.71 Å². The summed E-state index contributed by atoms with van der Waals surface area (Å²) in [5.74, 6) is -0.501. The van der Waals surface area contributed by atoms with Crippen LogP contribution in [0.25, 0.3) is 5.65 Å². The summed E-state index contributed by atoms with van der Waals surface area (Å²) in [6, 6.07) is 7.87. The lowest BCUT2D eigenvalue weighted by molar-refractivity contribution is -0.708. The van der Waals surface area contributed by atoms with E-state index in [4.69, 9.17) is 23.2 Å². The summed E-state index contributed by atoms with van der Waals surface area (Å²) in [4.78, 5) is 16.7. The molecule has 7 heteroatoms. The van der Waals surface area contributed by atoms with E-state index in [1.54, 1.807) is 6.20 Å². The molecule has 0 bridgehead atoms. The third kappa shape index (κ3) is 3.84. The Bertz CT molecular complexity index is 1000. The number of pyridine rings is 1. The van der Waals surface area contributed by atoms with E-state index in [9.17, 15) is 9.18 Å². The zero-order chi connectivity index (χ0) is 18.1. The fourth-order valence-corrected chi connectivity index (χ4v) is 3.23. The molecule has 0 fully saturated rings. The van der Waals surface area contributed by atoms with Crippen molar-refractivity contribution in [1.82, 2.24) is 9.38 Å². The number of halogens is 3. The first-order chi connectivity index (χ1) is 11.8. The maximum Gasteiger partial charge on any atom is 0.258 e. The Balaban J connectivity index is 1.82. The lowest BCUT2D eigenvalue weighted by Crippen LogP contribution is -2.83. The topological polar surface area (TPSA) is 51.0 Å². The van der Waals surface area contributed by atoms with Crippen molar-refractivity contribution in [3.05, 3.63) is 79.6 Å². The van der Waals surface area contributed by atoms with Crippen molar-refractivity contribution >= 4 is 28.8 Å². The van der Waals surface area contributed by atoms with Crippen molar-refractivity contribution in [2.75, 3.05) is 0 Å². The first kappa shape index (κ1) is 17.9. The van der Waals surface area contributed by atoms with E-state index in [-0.39, 0.29) is 16.6 Å². The number of hydrogen-bond donors (Lipinski definition) is 1. The summed E-state index contributed by atoms with van der Waals surface area (Å²) in [7, 11) is 0. The van der Waals surface area contributed by atoms with E-state index in [1.807, 2.05) is 31.3 Å². The van der Waals surface area contributed by atoms with Gasteiger partial charge in [0.15, 0.2) is 0 Å². The maximum absolute atomic E-state index is 13.7. The van der Waals surface area contributed by atoms with E-state index in [2.05, 4.69) is 4.98 Å². The smallest absolute Gasteiger partial charge is 0.258 e. The number of hydrogen-bond acceptors (Lipinski definition) is 2. The van der Waals surface area contributed by atoms with Crippen LogP contribution in [0, 0.1) is 12.7 Å². The third-order valence-electron chi connectivity index (χ3n) is 4.07. The third-order valence-corrected chi connectivity index (χ3v) is 4.69. The summed E-state index contributed by atoms with van der Waals surface area (Å²) >= 11 is 11.9. The van der Waals surface area contributed by atoms with Crippen molar-refractivity contribution in [3.8, 4) is 0 Å². The number of benzene rings is 1. The lowest BCUT2D eigenvalue weighted by atomic mass is 10.1. The molecule has 130 valence electrons. The number of fused-ring (bicyclic) bond motifs is 1. The molecule has 0 saturated heterocycles. The lowest BCUT2D eigenvalue weighted by Gasteiger charge is -2.13. The number of aryl methyl sites for hydroxylation is 1. The molecule has 0 unspecified atom stereocenters. The van der Waals surface area contributed by atoms with Crippen LogP contribution in [0.3, 0.4) is 0 Å². The second-order valence-electron chi connectivity index (χ2n) is 6.04. The molecule has 0 aliphatic rings. The Labute approximate surface area is 154 Å². The van der Waals surface area contributed by atoms with Crippen molar-refractivity contribution in [3.63, 3.8) is 0 Å². The second kappa shape index (κ2) is 7.12. The van der Waals surface area contributed by atoms with Crippen LogP contribution >= 0.6 is 23.2 Å². The van der Waals surface area contributed by atoms with E-state index >= 15 is 0 Å². The Morgan fingerprint density at radius 2 is 2.00 bits per heavy atom. The van der Waals surface area contributed by atoms with Gasteiger partial charge in [-0.3, -0.25) is 9.20 Å². The first-order valence-electron chi connectivity index (χ1n) is 7.82. The Kier molecular flexibility index (Phi) is 5.08. The van der Waals surface area contributed by atoms with Gasteiger partial charge in [-0.05, 0) is 37.6 Å².